The molecule has 0 aliphatic rings. The van der Waals surface area contributed by atoms with Gasteiger partial charge in [0.1, 0.15) is 0 Å². The Morgan fingerprint density at radius 3 is 2.69 bits per heavy atom. The summed E-state index contributed by atoms with van der Waals surface area (Å²) in [7, 11) is 0. The molecule has 2 nitrogen and oxygen atoms in total. The van der Waals surface area contributed by atoms with E-state index in [1.165, 1.54) is 10.9 Å². The first-order chi connectivity index (χ1) is 6.25. The fourth-order valence-corrected chi connectivity index (χ4v) is 2.02. The van der Waals surface area contributed by atoms with Gasteiger partial charge in [-0.25, -0.2) is 0 Å². The van der Waals surface area contributed by atoms with E-state index in [-0.39, 0.29) is 5.56 Å². The molecular weight excluding hydrogens is 182 g/mol. The molecule has 0 unspecified atom stereocenters. The Labute approximate surface area is 79.9 Å². The molecule has 2 rings (SSSR count). The topological polar surface area (TPSA) is 32.9 Å². The smallest absolute Gasteiger partial charge is 0.248 e. The molecule has 0 bridgehead atoms. The highest BCUT2D eigenvalue weighted by Crippen LogP contribution is 2.24. The first kappa shape index (κ1) is 8.26. The van der Waals surface area contributed by atoms with E-state index in [0.29, 0.717) is 0 Å². The molecule has 0 saturated heterocycles. The van der Waals surface area contributed by atoms with Crippen molar-refractivity contribution in [3.63, 3.8) is 0 Å². The Hall–Kier alpha value is -1.35. The van der Waals surface area contributed by atoms with Crippen molar-refractivity contribution in [3.8, 4) is 10.6 Å². The fraction of sp³-hybridized carbons (Fsp3) is 0.100. The zero-order valence-corrected chi connectivity index (χ0v) is 8.02. The predicted molar refractivity (Wildman–Crippen MR) is 55.1 cm³/mol. The average Bonchev–Trinajstić information content (AvgIpc) is 2.52. The molecular formula is C10H9NOS. The van der Waals surface area contributed by atoms with E-state index in [9.17, 15) is 4.79 Å². The van der Waals surface area contributed by atoms with Gasteiger partial charge in [-0.2, -0.15) is 0 Å². The van der Waals surface area contributed by atoms with Gasteiger partial charge in [0.15, 0.2) is 0 Å². The van der Waals surface area contributed by atoms with Gasteiger partial charge in [0, 0.05) is 10.9 Å². The number of H-pyrrole nitrogens is 1. The van der Waals surface area contributed by atoms with Gasteiger partial charge >= 0.3 is 0 Å². The van der Waals surface area contributed by atoms with E-state index in [2.05, 4.69) is 11.9 Å². The van der Waals surface area contributed by atoms with Gasteiger partial charge in [-0.3, -0.25) is 4.79 Å². The monoisotopic (exact) mass is 191 g/mol. The summed E-state index contributed by atoms with van der Waals surface area (Å²) in [6.45, 7) is 2.05. The number of hydrogen-bond acceptors (Lipinski definition) is 2. The van der Waals surface area contributed by atoms with E-state index in [1.807, 2.05) is 18.2 Å². The molecule has 1 N–H and O–H groups in total. The van der Waals surface area contributed by atoms with Crippen LogP contribution in [-0.2, 0) is 0 Å². The lowest BCUT2D eigenvalue weighted by atomic mass is 10.3. The van der Waals surface area contributed by atoms with Crippen LogP contribution in [-0.4, -0.2) is 4.98 Å². The summed E-state index contributed by atoms with van der Waals surface area (Å²) in [6.07, 6.45) is 0. The Morgan fingerprint density at radius 1 is 1.23 bits per heavy atom. The molecule has 2 heterocycles. The van der Waals surface area contributed by atoms with Gasteiger partial charge in [0.25, 0.3) is 0 Å². The van der Waals surface area contributed by atoms with Crippen LogP contribution in [0.5, 0.6) is 0 Å². The van der Waals surface area contributed by atoms with E-state index in [4.69, 9.17) is 0 Å². The second kappa shape index (κ2) is 3.18. The maximum absolute atomic E-state index is 11.0. The fourth-order valence-electron chi connectivity index (χ4n) is 1.17. The van der Waals surface area contributed by atoms with E-state index in [1.54, 1.807) is 17.4 Å². The summed E-state index contributed by atoms with van der Waals surface area (Å²) >= 11 is 1.68. The molecule has 0 atom stereocenters. The maximum atomic E-state index is 11.0. The molecule has 3 heteroatoms. The summed E-state index contributed by atoms with van der Waals surface area (Å²) in [5, 5.41) is 0. The van der Waals surface area contributed by atoms with Gasteiger partial charge in [0.05, 0.1) is 10.6 Å². The molecule has 0 radical (unpaired) electrons. The van der Waals surface area contributed by atoms with E-state index >= 15 is 0 Å². The van der Waals surface area contributed by atoms with Gasteiger partial charge in [-0.15, -0.1) is 11.3 Å². The van der Waals surface area contributed by atoms with Crippen molar-refractivity contribution >= 4 is 11.3 Å². The van der Waals surface area contributed by atoms with Crippen molar-refractivity contribution in [3.05, 3.63) is 45.6 Å². The number of aryl methyl sites for hydroxylation is 1. The van der Waals surface area contributed by atoms with Crippen molar-refractivity contribution in [2.45, 2.75) is 6.92 Å². The van der Waals surface area contributed by atoms with Crippen molar-refractivity contribution < 1.29 is 0 Å². The normalized spacial score (nSPS) is 10.2. The van der Waals surface area contributed by atoms with Crippen LogP contribution < -0.4 is 5.56 Å². The number of rotatable bonds is 1. The first-order valence-electron chi connectivity index (χ1n) is 4.02. The van der Waals surface area contributed by atoms with Crippen LogP contribution in [0.2, 0.25) is 0 Å². The summed E-state index contributed by atoms with van der Waals surface area (Å²) in [5.74, 6) is 0. The quantitative estimate of drug-likeness (QED) is 0.737. The molecule has 0 aliphatic heterocycles. The minimum absolute atomic E-state index is 0.0523. The molecule has 0 saturated carbocycles. The highest BCUT2D eigenvalue weighted by atomic mass is 32.1. The lowest BCUT2D eigenvalue weighted by molar-refractivity contribution is 1.25. The van der Waals surface area contributed by atoms with Crippen molar-refractivity contribution in [2.75, 3.05) is 0 Å². The molecule has 2 aromatic heterocycles. The molecule has 0 aliphatic carbocycles. The molecule has 2 aromatic rings. The maximum Gasteiger partial charge on any atom is 0.248 e. The summed E-state index contributed by atoms with van der Waals surface area (Å²) in [4.78, 5) is 16.2. The Balaban J connectivity index is 2.52. The third kappa shape index (κ3) is 1.70. The average molecular weight is 191 g/mol. The van der Waals surface area contributed by atoms with Crippen LogP contribution in [0, 0.1) is 6.92 Å². The van der Waals surface area contributed by atoms with Gasteiger partial charge < -0.3 is 4.98 Å². The minimum Gasteiger partial charge on any atom is -0.321 e. The predicted octanol–water partition coefficient (Wildman–Crippen LogP) is 2.41. The molecule has 66 valence electrons. The molecule has 0 spiro atoms. The van der Waals surface area contributed by atoms with Gasteiger partial charge in [0.2, 0.25) is 5.56 Å². The summed E-state index contributed by atoms with van der Waals surface area (Å²) in [5.41, 5.74) is 0.842. The lowest BCUT2D eigenvalue weighted by Crippen LogP contribution is -2.02. The number of nitrogens with one attached hydrogen (secondary N) is 1. The van der Waals surface area contributed by atoms with E-state index in [0.717, 1.165) is 10.6 Å². The molecule has 0 amide bonds. The van der Waals surface area contributed by atoms with Crippen LogP contribution in [0.4, 0.5) is 0 Å². The highest BCUT2D eigenvalue weighted by Gasteiger charge is 1.99. The number of pyridine rings is 1. The number of thiophene rings is 1. The molecule has 0 aromatic carbocycles. The number of hydrogen-bond donors (Lipinski definition) is 1. The van der Waals surface area contributed by atoms with Crippen molar-refractivity contribution in [2.24, 2.45) is 0 Å². The third-order valence-electron chi connectivity index (χ3n) is 1.77. The summed E-state index contributed by atoms with van der Waals surface area (Å²) in [6, 6.07) is 9.26. The van der Waals surface area contributed by atoms with Crippen molar-refractivity contribution in [1.82, 2.24) is 4.98 Å². The third-order valence-corrected chi connectivity index (χ3v) is 2.81. The first-order valence-corrected chi connectivity index (χ1v) is 4.83. The van der Waals surface area contributed by atoms with Crippen molar-refractivity contribution in [1.29, 1.82) is 0 Å². The number of aromatic amines is 1. The van der Waals surface area contributed by atoms with Gasteiger partial charge in [-0.1, -0.05) is 6.07 Å². The second-order valence-corrected chi connectivity index (χ2v) is 4.13. The second-order valence-electron chi connectivity index (χ2n) is 2.84. The largest absolute Gasteiger partial charge is 0.321 e. The summed E-state index contributed by atoms with van der Waals surface area (Å²) < 4.78 is 0. The Kier molecular flexibility index (Phi) is 2.02. The standard InChI is InChI=1S/C10H9NOS/c1-7-5-6-9(13-7)8-3-2-4-10(12)11-8/h2-6H,1H3,(H,11,12). The van der Waals surface area contributed by atoms with Crippen LogP contribution in [0.1, 0.15) is 4.88 Å². The van der Waals surface area contributed by atoms with Crippen LogP contribution in [0.25, 0.3) is 10.6 Å². The highest BCUT2D eigenvalue weighted by molar-refractivity contribution is 7.15. The zero-order chi connectivity index (χ0) is 9.26. The molecule has 13 heavy (non-hydrogen) atoms. The lowest BCUT2D eigenvalue weighted by Gasteiger charge is -1.94. The van der Waals surface area contributed by atoms with Crippen LogP contribution in [0.15, 0.2) is 35.1 Å². The Morgan fingerprint density at radius 2 is 2.08 bits per heavy atom. The molecule has 0 fully saturated rings. The SMILES string of the molecule is Cc1ccc(-c2cccc(=O)[nH]2)s1. The number of aromatic nitrogens is 1. The Bertz CT molecular complexity index is 470. The zero-order valence-electron chi connectivity index (χ0n) is 7.20. The van der Waals surface area contributed by atoms with Crippen LogP contribution >= 0.6 is 11.3 Å². The van der Waals surface area contributed by atoms with Crippen LogP contribution in [0.3, 0.4) is 0 Å². The van der Waals surface area contributed by atoms with E-state index < -0.39 is 0 Å². The van der Waals surface area contributed by atoms with Gasteiger partial charge in [-0.05, 0) is 25.1 Å². The minimum atomic E-state index is -0.0523.